The molecule has 2 nitrogen and oxygen atoms in total. The van der Waals surface area contributed by atoms with Gasteiger partial charge in [0, 0.05) is 22.9 Å². The van der Waals surface area contributed by atoms with Gasteiger partial charge in [-0.2, -0.15) is 0 Å². The fraction of sp³-hybridized carbons (Fsp3) is 0.0526. The predicted molar refractivity (Wildman–Crippen MR) is 85.6 cm³/mol. The van der Waals surface area contributed by atoms with Crippen molar-refractivity contribution in [2.24, 2.45) is 0 Å². The summed E-state index contributed by atoms with van der Waals surface area (Å²) in [6, 6.07) is 20.7. The molecule has 0 atom stereocenters. The van der Waals surface area contributed by atoms with E-state index in [4.69, 9.17) is 0 Å². The normalized spacial score (nSPS) is 12.8. The number of aromatic nitrogens is 1. The van der Waals surface area contributed by atoms with Crippen molar-refractivity contribution < 1.29 is 5.11 Å². The molecule has 0 fully saturated rings. The van der Waals surface area contributed by atoms with E-state index < -0.39 is 0 Å². The van der Waals surface area contributed by atoms with Crippen LogP contribution in [0.2, 0.25) is 0 Å². The Labute approximate surface area is 121 Å². The molecule has 0 radical (unpaired) electrons. The molecular weight excluding hydrogens is 258 g/mol. The Morgan fingerprint density at radius 1 is 0.714 bits per heavy atom. The Morgan fingerprint density at radius 2 is 1.43 bits per heavy atom. The first-order chi connectivity index (χ1) is 10.3. The SMILES string of the molecule is Oc1cccc2c3cccc4c3n(c12)Cc1ccccc1-4. The molecule has 4 aromatic rings. The Balaban J connectivity index is 2.08. The zero-order valence-corrected chi connectivity index (χ0v) is 11.4. The monoisotopic (exact) mass is 271 g/mol. The molecule has 21 heavy (non-hydrogen) atoms. The van der Waals surface area contributed by atoms with Crippen LogP contribution in [-0.2, 0) is 6.54 Å². The summed E-state index contributed by atoms with van der Waals surface area (Å²) >= 11 is 0. The van der Waals surface area contributed by atoms with E-state index in [0.717, 1.165) is 17.4 Å². The minimum absolute atomic E-state index is 0.356. The van der Waals surface area contributed by atoms with Crippen LogP contribution in [-0.4, -0.2) is 9.67 Å². The van der Waals surface area contributed by atoms with Crippen molar-refractivity contribution in [1.82, 2.24) is 4.57 Å². The highest BCUT2D eigenvalue weighted by molar-refractivity contribution is 6.14. The minimum Gasteiger partial charge on any atom is -0.506 e. The number of benzene rings is 3. The molecule has 1 aliphatic rings. The molecule has 0 saturated heterocycles. The molecule has 0 aliphatic carbocycles. The molecule has 3 aromatic carbocycles. The van der Waals surface area contributed by atoms with Crippen molar-refractivity contribution in [3.05, 3.63) is 66.2 Å². The van der Waals surface area contributed by atoms with Crippen molar-refractivity contribution in [3.8, 4) is 16.9 Å². The van der Waals surface area contributed by atoms with Crippen LogP contribution in [0.25, 0.3) is 32.9 Å². The number of rotatable bonds is 0. The molecule has 100 valence electrons. The largest absolute Gasteiger partial charge is 0.506 e. The van der Waals surface area contributed by atoms with Crippen LogP contribution in [0.15, 0.2) is 60.7 Å². The van der Waals surface area contributed by atoms with Gasteiger partial charge in [0.05, 0.1) is 11.0 Å². The minimum atomic E-state index is 0.356. The average Bonchev–Trinajstić information content (AvgIpc) is 2.85. The van der Waals surface area contributed by atoms with Crippen molar-refractivity contribution in [3.63, 3.8) is 0 Å². The number of para-hydroxylation sites is 2. The lowest BCUT2D eigenvalue weighted by Crippen LogP contribution is -2.07. The smallest absolute Gasteiger partial charge is 0.139 e. The first-order valence-electron chi connectivity index (χ1n) is 7.16. The van der Waals surface area contributed by atoms with E-state index in [9.17, 15) is 5.11 Å². The Morgan fingerprint density at radius 3 is 2.33 bits per heavy atom. The van der Waals surface area contributed by atoms with Crippen LogP contribution >= 0.6 is 0 Å². The van der Waals surface area contributed by atoms with E-state index in [0.29, 0.717) is 5.75 Å². The summed E-state index contributed by atoms with van der Waals surface area (Å²) in [5.74, 6) is 0.356. The van der Waals surface area contributed by atoms with Gasteiger partial charge in [-0.3, -0.25) is 0 Å². The molecule has 0 amide bonds. The highest BCUT2D eigenvalue weighted by Crippen LogP contribution is 2.43. The molecule has 2 heterocycles. The lowest BCUT2D eigenvalue weighted by Gasteiger charge is -2.20. The van der Waals surface area contributed by atoms with Gasteiger partial charge in [0.15, 0.2) is 0 Å². The first-order valence-corrected chi connectivity index (χ1v) is 7.16. The second kappa shape index (κ2) is 3.67. The highest BCUT2D eigenvalue weighted by Gasteiger charge is 2.22. The third-order valence-electron chi connectivity index (χ3n) is 4.52. The molecule has 0 saturated carbocycles. The number of phenolic OH excluding ortho intramolecular Hbond substituents is 1. The zero-order chi connectivity index (χ0) is 14.0. The summed E-state index contributed by atoms with van der Waals surface area (Å²) in [7, 11) is 0. The number of hydrogen-bond donors (Lipinski definition) is 1. The van der Waals surface area contributed by atoms with Gasteiger partial charge >= 0.3 is 0 Å². The fourth-order valence-corrected chi connectivity index (χ4v) is 3.66. The van der Waals surface area contributed by atoms with Gasteiger partial charge in [-0.15, -0.1) is 0 Å². The summed E-state index contributed by atoms with van der Waals surface area (Å²) in [6.07, 6.45) is 0. The van der Waals surface area contributed by atoms with Gasteiger partial charge < -0.3 is 9.67 Å². The maximum Gasteiger partial charge on any atom is 0.139 e. The van der Waals surface area contributed by atoms with Crippen LogP contribution in [0.5, 0.6) is 5.75 Å². The van der Waals surface area contributed by atoms with E-state index in [1.165, 1.54) is 27.6 Å². The Hall–Kier alpha value is -2.74. The second-order valence-corrected chi connectivity index (χ2v) is 5.62. The summed E-state index contributed by atoms with van der Waals surface area (Å²) in [6.45, 7) is 0.810. The quantitative estimate of drug-likeness (QED) is 0.440. The Kier molecular flexibility index (Phi) is 1.92. The van der Waals surface area contributed by atoms with Gasteiger partial charge in [0.2, 0.25) is 0 Å². The van der Waals surface area contributed by atoms with E-state index in [-0.39, 0.29) is 0 Å². The summed E-state index contributed by atoms with van der Waals surface area (Å²) in [5, 5.41) is 12.7. The standard InChI is InChI=1S/C19H13NO/c21-17-10-4-9-16-15-8-3-7-14-13-6-2-1-5-12(13)11-20(18(14)15)19(16)17/h1-10,21H,11H2. The van der Waals surface area contributed by atoms with E-state index in [2.05, 4.69) is 53.1 Å². The summed E-state index contributed by atoms with van der Waals surface area (Å²) in [4.78, 5) is 0. The van der Waals surface area contributed by atoms with E-state index in [1.807, 2.05) is 6.07 Å². The van der Waals surface area contributed by atoms with Gasteiger partial charge in [-0.25, -0.2) is 0 Å². The van der Waals surface area contributed by atoms with Gasteiger partial charge in [-0.05, 0) is 17.2 Å². The maximum absolute atomic E-state index is 10.3. The van der Waals surface area contributed by atoms with Gasteiger partial charge in [0.1, 0.15) is 5.75 Å². The zero-order valence-electron chi connectivity index (χ0n) is 11.4. The van der Waals surface area contributed by atoms with E-state index >= 15 is 0 Å². The Bertz CT molecular complexity index is 1030. The van der Waals surface area contributed by atoms with Crippen LogP contribution in [0.3, 0.4) is 0 Å². The van der Waals surface area contributed by atoms with Crippen LogP contribution in [0.1, 0.15) is 5.56 Å². The average molecular weight is 271 g/mol. The van der Waals surface area contributed by atoms with Crippen molar-refractivity contribution >= 4 is 21.8 Å². The van der Waals surface area contributed by atoms with Crippen molar-refractivity contribution in [1.29, 1.82) is 0 Å². The first kappa shape index (κ1) is 11.0. The fourth-order valence-electron chi connectivity index (χ4n) is 3.66. The summed E-state index contributed by atoms with van der Waals surface area (Å²) in [5.41, 5.74) is 6.03. The third-order valence-corrected chi connectivity index (χ3v) is 4.52. The van der Waals surface area contributed by atoms with Crippen molar-refractivity contribution in [2.75, 3.05) is 0 Å². The van der Waals surface area contributed by atoms with Crippen LogP contribution in [0.4, 0.5) is 0 Å². The summed E-state index contributed by atoms with van der Waals surface area (Å²) < 4.78 is 2.25. The molecular formula is C19H13NO. The molecule has 0 bridgehead atoms. The molecule has 1 aromatic heterocycles. The van der Waals surface area contributed by atoms with Gasteiger partial charge in [-0.1, -0.05) is 54.6 Å². The lowest BCUT2D eigenvalue weighted by molar-refractivity contribution is 0.478. The number of fused-ring (bicyclic) bond motifs is 5. The van der Waals surface area contributed by atoms with Crippen molar-refractivity contribution in [2.45, 2.75) is 6.54 Å². The molecule has 1 N–H and O–H groups in total. The molecule has 0 spiro atoms. The number of hydrogen-bond acceptors (Lipinski definition) is 1. The maximum atomic E-state index is 10.3. The molecule has 0 unspecified atom stereocenters. The molecule has 1 aliphatic heterocycles. The third kappa shape index (κ3) is 1.27. The second-order valence-electron chi connectivity index (χ2n) is 5.62. The van der Waals surface area contributed by atoms with Gasteiger partial charge in [0.25, 0.3) is 0 Å². The highest BCUT2D eigenvalue weighted by atomic mass is 16.3. The van der Waals surface area contributed by atoms with Crippen LogP contribution < -0.4 is 0 Å². The molecule has 5 rings (SSSR count). The number of aromatic hydroxyl groups is 1. The number of nitrogens with zero attached hydrogens (tertiary/aromatic N) is 1. The molecule has 2 heteroatoms. The topological polar surface area (TPSA) is 25.2 Å². The predicted octanol–water partition coefficient (Wildman–Crippen LogP) is 4.53. The number of phenols is 1. The lowest BCUT2D eigenvalue weighted by atomic mass is 9.95. The van der Waals surface area contributed by atoms with E-state index in [1.54, 1.807) is 6.07 Å². The van der Waals surface area contributed by atoms with Crippen LogP contribution in [0, 0.1) is 0 Å².